The zero-order valence-corrected chi connectivity index (χ0v) is 17.4. The van der Waals surface area contributed by atoms with Crippen molar-refractivity contribution in [3.63, 3.8) is 0 Å². The summed E-state index contributed by atoms with van der Waals surface area (Å²) in [4.78, 5) is 17.7. The molecule has 2 rings (SSSR count). The van der Waals surface area contributed by atoms with Gasteiger partial charge < -0.3 is 9.64 Å². The minimum atomic E-state index is -4.68. The highest BCUT2D eigenvalue weighted by atomic mass is 35.5. The van der Waals surface area contributed by atoms with E-state index >= 15 is 0 Å². The summed E-state index contributed by atoms with van der Waals surface area (Å²) in [7, 11) is 4.43. The van der Waals surface area contributed by atoms with Crippen molar-refractivity contribution in [2.45, 2.75) is 6.18 Å². The van der Waals surface area contributed by atoms with Crippen LogP contribution in [0.5, 0.6) is 0 Å². The van der Waals surface area contributed by atoms with Gasteiger partial charge in [-0.2, -0.15) is 23.5 Å². The van der Waals surface area contributed by atoms with E-state index in [1.807, 2.05) is 0 Å². The molecule has 7 nitrogen and oxygen atoms in total. The molecule has 0 unspecified atom stereocenters. The molecule has 1 aromatic heterocycles. The van der Waals surface area contributed by atoms with Crippen molar-refractivity contribution in [3.8, 4) is 11.8 Å². The topological polar surface area (TPSA) is 83.5 Å². The van der Waals surface area contributed by atoms with Gasteiger partial charge in [0.2, 0.25) is 0 Å². The van der Waals surface area contributed by atoms with Crippen LogP contribution in [0.25, 0.3) is 11.3 Å². The van der Waals surface area contributed by atoms with Gasteiger partial charge in [0, 0.05) is 14.1 Å². The van der Waals surface area contributed by atoms with Crippen molar-refractivity contribution in [3.05, 3.63) is 45.6 Å². The summed E-state index contributed by atoms with van der Waals surface area (Å²) in [5.74, 6) is -0.948. The van der Waals surface area contributed by atoms with Gasteiger partial charge in [-0.1, -0.05) is 29.8 Å². The number of nitriles is 1. The molecule has 0 fully saturated rings. The summed E-state index contributed by atoms with van der Waals surface area (Å²) in [6, 6.07) is 3.14. The highest BCUT2D eigenvalue weighted by Gasteiger charge is 2.33. The summed E-state index contributed by atoms with van der Waals surface area (Å²) >= 11 is 12.2. The predicted octanol–water partition coefficient (Wildman–Crippen LogP) is 4.48. The lowest BCUT2D eigenvalue weighted by molar-refractivity contribution is -0.137. The Hall–Kier alpha value is -3.03. The Bertz CT molecular complexity index is 1060. The molecular weight excluding hydrogens is 446 g/mol. The minimum absolute atomic E-state index is 0.0746. The zero-order valence-electron chi connectivity index (χ0n) is 15.9. The number of methoxy groups -OCH3 is 1. The summed E-state index contributed by atoms with van der Waals surface area (Å²) in [5, 5.41) is 12.7. The van der Waals surface area contributed by atoms with Gasteiger partial charge in [0.05, 0.1) is 40.2 Å². The fraction of sp³-hybridized carbons (Fsp3) is 0.222. The fourth-order valence-electron chi connectivity index (χ4n) is 2.37. The maximum Gasteiger partial charge on any atom is 0.416 e. The molecule has 12 heteroatoms. The number of hydrogen-bond acceptors (Lipinski definition) is 5. The number of carbonyl (C=O) groups is 1. The molecule has 0 aliphatic carbocycles. The zero-order chi connectivity index (χ0) is 22.8. The van der Waals surface area contributed by atoms with Crippen molar-refractivity contribution >= 4 is 46.9 Å². The standard InChI is InChI=1S/C18H14Cl2F3N5O2/c1-9(17(29)30-4)14-13(7-24)26-28(16(14)25-8-27(2)3)15-11(19)5-10(6-12(15)20)18(21,22)23/h5-6,8H,1H2,2-4H3. The first-order chi connectivity index (χ1) is 13.9. The first-order valence-electron chi connectivity index (χ1n) is 8.00. The van der Waals surface area contributed by atoms with E-state index in [1.54, 1.807) is 25.1 Å². The Kier molecular flexibility index (Phi) is 6.80. The van der Waals surface area contributed by atoms with E-state index < -0.39 is 27.8 Å². The van der Waals surface area contributed by atoms with Gasteiger partial charge in [-0.3, -0.25) is 0 Å². The maximum absolute atomic E-state index is 13.1. The van der Waals surface area contributed by atoms with Crippen molar-refractivity contribution in [2.24, 2.45) is 4.99 Å². The van der Waals surface area contributed by atoms with Crippen LogP contribution in [0.15, 0.2) is 23.7 Å². The Morgan fingerprint density at radius 3 is 2.37 bits per heavy atom. The van der Waals surface area contributed by atoms with Crippen LogP contribution in [0.1, 0.15) is 16.8 Å². The SMILES string of the molecule is C=C(C(=O)OC)c1c(C#N)nn(-c2c(Cl)cc(C(F)(F)F)cc2Cl)c1N=CN(C)C. The Labute approximate surface area is 179 Å². The third-order valence-corrected chi connectivity index (χ3v) is 4.24. The number of ether oxygens (including phenoxy) is 1. The van der Waals surface area contributed by atoms with Crippen molar-refractivity contribution in [1.82, 2.24) is 14.7 Å². The van der Waals surface area contributed by atoms with Crippen molar-refractivity contribution in [2.75, 3.05) is 21.2 Å². The van der Waals surface area contributed by atoms with Gasteiger partial charge in [-0.05, 0) is 12.1 Å². The molecule has 0 bridgehead atoms. The molecule has 158 valence electrons. The molecule has 0 saturated heterocycles. The van der Waals surface area contributed by atoms with E-state index in [-0.39, 0.29) is 28.3 Å². The van der Waals surface area contributed by atoms with E-state index in [9.17, 15) is 23.2 Å². The third kappa shape index (κ3) is 4.58. The predicted molar refractivity (Wildman–Crippen MR) is 106 cm³/mol. The second kappa shape index (κ2) is 8.77. The number of aromatic nitrogens is 2. The Morgan fingerprint density at radius 2 is 1.93 bits per heavy atom. The number of nitrogens with zero attached hydrogens (tertiary/aromatic N) is 5. The van der Waals surface area contributed by atoms with Crippen LogP contribution in [0.4, 0.5) is 19.0 Å². The van der Waals surface area contributed by atoms with E-state index in [4.69, 9.17) is 23.2 Å². The number of hydrogen-bond donors (Lipinski definition) is 0. The van der Waals surface area contributed by atoms with Gasteiger partial charge in [0.25, 0.3) is 0 Å². The van der Waals surface area contributed by atoms with Crippen molar-refractivity contribution < 1.29 is 22.7 Å². The second-order valence-corrected chi connectivity index (χ2v) is 6.85. The molecule has 0 aliphatic heterocycles. The lowest BCUT2D eigenvalue weighted by Gasteiger charge is -2.14. The lowest BCUT2D eigenvalue weighted by Crippen LogP contribution is -2.09. The smallest absolute Gasteiger partial charge is 0.416 e. The van der Waals surface area contributed by atoms with Crippen LogP contribution >= 0.6 is 23.2 Å². The molecule has 1 aromatic carbocycles. The average Bonchev–Trinajstić information content (AvgIpc) is 3.01. The molecule has 0 saturated carbocycles. The summed E-state index contributed by atoms with van der Waals surface area (Å²) in [6.45, 7) is 3.61. The van der Waals surface area contributed by atoms with Gasteiger partial charge in [-0.15, -0.1) is 0 Å². The fourth-order valence-corrected chi connectivity index (χ4v) is 3.01. The number of esters is 1. The normalized spacial score (nSPS) is 11.4. The molecule has 0 spiro atoms. The third-order valence-electron chi connectivity index (χ3n) is 3.67. The molecule has 2 aromatic rings. The monoisotopic (exact) mass is 459 g/mol. The van der Waals surface area contributed by atoms with Crippen LogP contribution in [0, 0.1) is 11.3 Å². The molecule has 0 radical (unpaired) electrons. The van der Waals surface area contributed by atoms with Gasteiger partial charge in [-0.25, -0.2) is 14.5 Å². The first kappa shape index (κ1) is 23.3. The van der Waals surface area contributed by atoms with Crippen LogP contribution < -0.4 is 0 Å². The van der Waals surface area contributed by atoms with Crippen LogP contribution in [0.3, 0.4) is 0 Å². The van der Waals surface area contributed by atoms with Gasteiger partial charge >= 0.3 is 12.1 Å². The molecular formula is C18H14Cl2F3N5O2. The van der Waals surface area contributed by atoms with E-state index in [2.05, 4.69) is 21.4 Å². The van der Waals surface area contributed by atoms with E-state index in [0.717, 1.165) is 11.8 Å². The number of benzene rings is 1. The quantitative estimate of drug-likeness (QED) is 0.285. The number of carbonyl (C=O) groups excluding carboxylic acids is 1. The number of halogens is 5. The van der Waals surface area contributed by atoms with E-state index in [0.29, 0.717) is 12.1 Å². The van der Waals surface area contributed by atoms with Gasteiger partial charge in [0.15, 0.2) is 11.5 Å². The molecule has 0 aliphatic rings. The van der Waals surface area contributed by atoms with Crippen LogP contribution in [-0.2, 0) is 15.7 Å². The molecule has 30 heavy (non-hydrogen) atoms. The van der Waals surface area contributed by atoms with Gasteiger partial charge in [0.1, 0.15) is 11.8 Å². The summed E-state index contributed by atoms with van der Waals surface area (Å²) < 4.78 is 44.8. The maximum atomic E-state index is 13.1. The largest absolute Gasteiger partial charge is 0.465 e. The summed E-state index contributed by atoms with van der Waals surface area (Å²) in [5.41, 5.74) is -1.80. The molecule has 0 amide bonds. The summed E-state index contributed by atoms with van der Waals surface area (Å²) in [6.07, 6.45) is -3.35. The second-order valence-electron chi connectivity index (χ2n) is 6.04. The molecule has 0 atom stereocenters. The Balaban J connectivity index is 2.87. The minimum Gasteiger partial charge on any atom is -0.465 e. The van der Waals surface area contributed by atoms with Crippen molar-refractivity contribution in [1.29, 1.82) is 5.26 Å². The first-order valence-corrected chi connectivity index (χ1v) is 8.75. The highest BCUT2D eigenvalue weighted by Crippen LogP contribution is 2.40. The van der Waals surface area contributed by atoms with Crippen LogP contribution in [-0.4, -0.2) is 48.2 Å². The van der Waals surface area contributed by atoms with Crippen LogP contribution in [0.2, 0.25) is 10.0 Å². The molecule has 1 heterocycles. The highest BCUT2D eigenvalue weighted by molar-refractivity contribution is 6.38. The number of alkyl halides is 3. The number of rotatable bonds is 5. The molecule has 0 N–H and O–H groups in total. The average molecular weight is 460 g/mol. The lowest BCUT2D eigenvalue weighted by atomic mass is 10.1. The Morgan fingerprint density at radius 1 is 1.37 bits per heavy atom. The number of aliphatic imine (C=N–C) groups is 1. The van der Waals surface area contributed by atoms with E-state index in [1.165, 1.54) is 6.34 Å².